The van der Waals surface area contributed by atoms with E-state index in [-0.39, 0.29) is 34.5 Å². The van der Waals surface area contributed by atoms with Gasteiger partial charge in [0.05, 0.1) is 10.2 Å². The Morgan fingerprint density at radius 2 is 1.79 bits per heavy atom. The average Bonchev–Trinajstić information content (AvgIpc) is 3.15. The minimum absolute atomic E-state index is 0.0425. The van der Waals surface area contributed by atoms with Gasteiger partial charge in [0.25, 0.3) is 5.91 Å². The number of aromatic nitrogens is 1. The molecular formula is C15H10N2O5S2. The van der Waals surface area contributed by atoms with Crippen LogP contribution in [0.1, 0.15) is 19.3 Å². The fourth-order valence-corrected chi connectivity index (χ4v) is 4.11. The molecule has 0 aliphatic carbocycles. The standard InChI is InChI=1S/C15H10N2O5S2/c18-13(17-15-16-7-3-1-2-4-8(7)23-15)11-9-10(22-6-5-21-9)12(24-11)14(19)20/h1-4H,5-6H2,(H,19,20)(H,16,17,18). The van der Waals surface area contributed by atoms with Gasteiger partial charge in [0, 0.05) is 0 Å². The van der Waals surface area contributed by atoms with Crippen LogP contribution in [-0.4, -0.2) is 35.2 Å². The molecular weight excluding hydrogens is 352 g/mol. The Morgan fingerprint density at radius 3 is 2.50 bits per heavy atom. The van der Waals surface area contributed by atoms with E-state index in [9.17, 15) is 14.7 Å². The molecule has 7 nitrogen and oxygen atoms in total. The van der Waals surface area contributed by atoms with Crippen molar-refractivity contribution in [3.8, 4) is 11.5 Å². The largest absolute Gasteiger partial charge is 0.484 e. The van der Waals surface area contributed by atoms with E-state index in [1.807, 2.05) is 24.3 Å². The molecule has 1 amide bonds. The molecule has 4 rings (SSSR count). The molecule has 1 aromatic carbocycles. The third-order valence-corrected chi connectivity index (χ3v) is 5.40. The number of nitrogens with one attached hydrogen (secondary N) is 1. The third kappa shape index (κ3) is 2.47. The highest BCUT2D eigenvalue weighted by Crippen LogP contribution is 2.44. The normalized spacial score (nSPS) is 13.0. The summed E-state index contributed by atoms with van der Waals surface area (Å²) in [6.07, 6.45) is 0. The molecule has 3 aromatic rings. The van der Waals surface area contributed by atoms with E-state index in [4.69, 9.17) is 9.47 Å². The highest BCUT2D eigenvalue weighted by molar-refractivity contribution is 7.22. The van der Waals surface area contributed by atoms with Crippen LogP contribution < -0.4 is 14.8 Å². The van der Waals surface area contributed by atoms with Crippen molar-refractivity contribution in [2.75, 3.05) is 18.5 Å². The lowest BCUT2D eigenvalue weighted by Crippen LogP contribution is -2.18. The van der Waals surface area contributed by atoms with Gasteiger partial charge in [0.1, 0.15) is 18.1 Å². The van der Waals surface area contributed by atoms with Crippen LogP contribution in [0.4, 0.5) is 5.13 Å². The maximum absolute atomic E-state index is 12.5. The number of nitrogens with zero attached hydrogens (tertiary/aromatic N) is 1. The first-order chi connectivity index (χ1) is 11.6. The highest BCUT2D eigenvalue weighted by atomic mass is 32.1. The number of para-hydroxylation sites is 1. The van der Waals surface area contributed by atoms with Crippen molar-refractivity contribution in [2.24, 2.45) is 0 Å². The first kappa shape index (κ1) is 14.9. The minimum Gasteiger partial charge on any atom is -0.484 e. The molecule has 0 fully saturated rings. The summed E-state index contributed by atoms with van der Waals surface area (Å²) in [5.74, 6) is -1.32. The number of rotatable bonds is 3. The monoisotopic (exact) mass is 362 g/mol. The van der Waals surface area contributed by atoms with Gasteiger partial charge >= 0.3 is 5.97 Å². The molecule has 122 valence electrons. The number of carboxylic acids is 1. The van der Waals surface area contributed by atoms with Crippen molar-refractivity contribution in [1.29, 1.82) is 0 Å². The molecule has 3 heterocycles. The fourth-order valence-electron chi connectivity index (χ4n) is 2.32. The number of carboxylic acid groups (broad SMARTS) is 1. The first-order valence-corrected chi connectivity index (χ1v) is 8.59. The van der Waals surface area contributed by atoms with Gasteiger partial charge in [-0.3, -0.25) is 10.1 Å². The summed E-state index contributed by atoms with van der Waals surface area (Å²) in [4.78, 5) is 28.3. The number of anilines is 1. The molecule has 2 N–H and O–H groups in total. The SMILES string of the molecule is O=C(O)c1sc(C(=O)Nc2nc3ccccc3s2)c2c1OCCO2. The van der Waals surface area contributed by atoms with Crippen LogP contribution in [0.2, 0.25) is 0 Å². The van der Waals surface area contributed by atoms with Gasteiger partial charge in [-0.2, -0.15) is 0 Å². The first-order valence-electron chi connectivity index (χ1n) is 6.96. The van der Waals surface area contributed by atoms with Crippen molar-refractivity contribution in [3.05, 3.63) is 34.0 Å². The van der Waals surface area contributed by atoms with E-state index in [1.54, 1.807) is 0 Å². The molecule has 0 saturated heterocycles. The van der Waals surface area contributed by atoms with E-state index in [2.05, 4.69) is 10.3 Å². The summed E-state index contributed by atoms with van der Waals surface area (Å²) in [5.41, 5.74) is 0.789. The average molecular weight is 362 g/mol. The summed E-state index contributed by atoms with van der Waals surface area (Å²) in [6, 6.07) is 7.53. The molecule has 24 heavy (non-hydrogen) atoms. The van der Waals surface area contributed by atoms with E-state index in [0.29, 0.717) is 5.13 Å². The highest BCUT2D eigenvalue weighted by Gasteiger charge is 2.31. The lowest BCUT2D eigenvalue weighted by molar-refractivity contribution is 0.0692. The zero-order valence-electron chi connectivity index (χ0n) is 12.1. The van der Waals surface area contributed by atoms with Gasteiger partial charge in [-0.05, 0) is 12.1 Å². The number of amides is 1. The van der Waals surface area contributed by atoms with Gasteiger partial charge in [-0.1, -0.05) is 23.5 Å². The zero-order valence-corrected chi connectivity index (χ0v) is 13.7. The second-order valence-electron chi connectivity index (χ2n) is 4.86. The number of benzene rings is 1. The molecule has 0 radical (unpaired) electrons. The number of hydrogen-bond donors (Lipinski definition) is 2. The lowest BCUT2D eigenvalue weighted by Gasteiger charge is -2.16. The third-order valence-electron chi connectivity index (χ3n) is 3.31. The maximum Gasteiger partial charge on any atom is 0.349 e. The molecule has 0 saturated carbocycles. The van der Waals surface area contributed by atoms with Crippen molar-refractivity contribution >= 4 is 49.9 Å². The Kier molecular flexibility index (Phi) is 3.58. The number of carbonyl (C=O) groups is 2. The molecule has 1 aliphatic rings. The Balaban J connectivity index is 1.68. The summed E-state index contributed by atoms with van der Waals surface area (Å²) in [5, 5.41) is 12.4. The number of fused-ring (bicyclic) bond motifs is 2. The van der Waals surface area contributed by atoms with Crippen molar-refractivity contribution in [2.45, 2.75) is 0 Å². The second-order valence-corrected chi connectivity index (χ2v) is 6.91. The summed E-state index contributed by atoms with van der Waals surface area (Å²) >= 11 is 2.18. The van der Waals surface area contributed by atoms with Crippen molar-refractivity contribution < 1.29 is 24.2 Å². The number of ether oxygens (including phenoxy) is 2. The van der Waals surface area contributed by atoms with Crippen LogP contribution in [0, 0.1) is 0 Å². The lowest BCUT2D eigenvalue weighted by atomic mass is 10.3. The quantitative estimate of drug-likeness (QED) is 0.743. The molecule has 1 aliphatic heterocycles. The number of thiophene rings is 1. The van der Waals surface area contributed by atoms with E-state index < -0.39 is 11.9 Å². The summed E-state index contributed by atoms with van der Waals surface area (Å²) in [7, 11) is 0. The Morgan fingerprint density at radius 1 is 1.08 bits per heavy atom. The molecule has 9 heteroatoms. The van der Waals surface area contributed by atoms with Crippen molar-refractivity contribution in [3.63, 3.8) is 0 Å². The topological polar surface area (TPSA) is 97.8 Å². The predicted molar refractivity (Wildman–Crippen MR) is 89.8 cm³/mol. The zero-order chi connectivity index (χ0) is 16.7. The van der Waals surface area contributed by atoms with E-state index >= 15 is 0 Å². The maximum atomic E-state index is 12.5. The summed E-state index contributed by atoms with van der Waals surface area (Å²) in [6.45, 7) is 0.521. The van der Waals surface area contributed by atoms with Gasteiger partial charge in [-0.15, -0.1) is 11.3 Å². The number of hydrogen-bond acceptors (Lipinski definition) is 7. The number of aromatic carboxylic acids is 1. The smallest absolute Gasteiger partial charge is 0.349 e. The van der Waals surface area contributed by atoms with E-state index in [0.717, 1.165) is 21.6 Å². The Bertz CT molecular complexity index is 929. The molecule has 0 spiro atoms. The molecule has 2 aromatic heterocycles. The van der Waals surface area contributed by atoms with Crippen LogP contribution in [-0.2, 0) is 0 Å². The minimum atomic E-state index is -1.15. The van der Waals surface area contributed by atoms with Crippen LogP contribution in [0.3, 0.4) is 0 Å². The number of carbonyl (C=O) groups excluding carboxylic acids is 1. The van der Waals surface area contributed by atoms with Crippen molar-refractivity contribution in [1.82, 2.24) is 4.98 Å². The van der Waals surface area contributed by atoms with Gasteiger partial charge < -0.3 is 14.6 Å². The van der Waals surface area contributed by atoms with Crippen LogP contribution in [0.5, 0.6) is 11.5 Å². The van der Waals surface area contributed by atoms with Gasteiger partial charge in [0.15, 0.2) is 21.5 Å². The Labute approximate surface area is 143 Å². The predicted octanol–water partition coefficient (Wildman–Crippen LogP) is 3.08. The fraction of sp³-hybridized carbons (Fsp3) is 0.133. The Hall–Kier alpha value is -2.65. The van der Waals surface area contributed by atoms with Gasteiger partial charge in [-0.25, -0.2) is 9.78 Å². The molecule has 0 unspecified atom stereocenters. The molecule has 0 bridgehead atoms. The number of thiazole rings is 1. The van der Waals surface area contributed by atoms with E-state index in [1.165, 1.54) is 11.3 Å². The molecule has 0 atom stereocenters. The van der Waals surface area contributed by atoms with Gasteiger partial charge in [0.2, 0.25) is 0 Å². The van der Waals surface area contributed by atoms with Crippen LogP contribution in [0.25, 0.3) is 10.2 Å². The summed E-state index contributed by atoms with van der Waals surface area (Å²) < 4.78 is 11.8. The van der Waals surface area contributed by atoms with Crippen LogP contribution >= 0.6 is 22.7 Å². The second kappa shape index (κ2) is 5.77. The van der Waals surface area contributed by atoms with Crippen LogP contribution in [0.15, 0.2) is 24.3 Å².